The minimum absolute atomic E-state index is 0.526. The van der Waals surface area contributed by atoms with Gasteiger partial charge in [0, 0.05) is 0 Å². The third-order valence-electron chi connectivity index (χ3n) is 4.91. The number of rotatable bonds is 26. The van der Waals surface area contributed by atoms with Gasteiger partial charge in [-0.15, -0.1) is 0 Å². The molecule has 33 heavy (non-hydrogen) atoms. The Bertz CT molecular complexity index is 329. The molecule has 0 N–H and O–H groups in total. The van der Waals surface area contributed by atoms with Crippen molar-refractivity contribution in [3.63, 3.8) is 0 Å². The van der Waals surface area contributed by atoms with Crippen molar-refractivity contribution in [2.75, 3.05) is 39.6 Å². The van der Waals surface area contributed by atoms with Crippen LogP contribution in [0.3, 0.4) is 0 Å². The predicted molar refractivity (Wildman–Crippen MR) is 132 cm³/mol. The Hall–Kier alpha value is 0.651. The Kier molecular flexibility index (Phi) is 23.5. The third kappa shape index (κ3) is 16.9. The van der Waals surface area contributed by atoms with E-state index in [1.807, 2.05) is 0 Å². The topological polar surface area (TPSA) is 64.6 Å². The van der Waals surface area contributed by atoms with Crippen LogP contribution < -0.4 is 0 Å². The monoisotopic (exact) mass is 530 g/mol. The molecule has 0 spiro atoms. The first-order valence-corrected chi connectivity index (χ1v) is 17.8. The van der Waals surface area contributed by atoms with Gasteiger partial charge in [0.1, 0.15) is 0 Å². The number of hydrogen-bond acceptors (Lipinski definition) is 7. The van der Waals surface area contributed by atoms with Crippen LogP contribution >= 0.6 is 0 Å². The van der Waals surface area contributed by atoms with Crippen molar-refractivity contribution < 1.29 is 44.4 Å². The fourth-order valence-corrected chi connectivity index (χ4v) is 10.1. The molecule has 0 aromatic rings. The summed E-state index contributed by atoms with van der Waals surface area (Å²) in [5.74, 6) is 0. The molecule has 0 bridgehead atoms. The standard InChI is InChI=1S/C12H27O4Si.3C4H9O.Ti/c1-4-7-10-14-17(13,15-11-8-5-2)16-12-9-6-3;3*1-2-3-4-5;/h4-12H2,1-3H3;3*2-4H2,1H3;/q4*-1;+4. The van der Waals surface area contributed by atoms with Gasteiger partial charge in [-0.1, -0.05) is 0 Å². The molecule has 0 aliphatic carbocycles. The molecule has 0 atom stereocenters. The molecule has 0 fully saturated rings. The van der Waals surface area contributed by atoms with Crippen molar-refractivity contribution in [2.24, 2.45) is 0 Å². The molecular weight excluding hydrogens is 476 g/mol. The summed E-state index contributed by atoms with van der Waals surface area (Å²) in [6, 6.07) is 0. The summed E-state index contributed by atoms with van der Waals surface area (Å²) in [5, 5.41) is 0. The molecule has 0 aliphatic rings. The second-order valence-corrected chi connectivity index (χ2v) is 14.3. The van der Waals surface area contributed by atoms with Gasteiger partial charge in [0.2, 0.25) is 0 Å². The van der Waals surface area contributed by atoms with E-state index >= 15 is 0 Å². The number of hydrogen-bond donors (Lipinski definition) is 0. The summed E-state index contributed by atoms with van der Waals surface area (Å²) in [5.41, 5.74) is 0. The Labute approximate surface area is 211 Å². The van der Waals surface area contributed by atoms with Gasteiger partial charge in [0.25, 0.3) is 0 Å². The van der Waals surface area contributed by atoms with E-state index in [0.29, 0.717) is 39.6 Å². The minimum atomic E-state index is -4.18. The van der Waals surface area contributed by atoms with Crippen molar-refractivity contribution in [1.29, 1.82) is 0 Å². The normalized spacial score (nSPS) is 12.5. The molecule has 0 heterocycles. The van der Waals surface area contributed by atoms with Crippen molar-refractivity contribution in [3.8, 4) is 0 Å². The maximum atomic E-state index is 6.70. The van der Waals surface area contributed by atoms with Crippen molar-refractivity contribution >= 4 is 9.05 Å². The van der Waals surface area contributed by atoms with Gasteiger partial charge < -0.3 is 0 Å². The Morgan fingerprint density at radius 1 is 0.424 bits per heavy atom. The van der Waals surface area contributed by atoms with E-state index in [1.54, 1.807) is 0 Å². The molecule has 0 aromatic heterocycles. The summed E-state index contributed by atoms with van der Waals surface area (Å²) < 4.78 is 44.7. The van der Waals surface area contributed by atoms with Crippen molar-refractivity contribution in [3.05, 3.63) is 0 Å². The predicted octanol–water partition coefficient (Wildman–Crippen LogP) is 7.15. The zero-order valence-electron chi connectivity index (χ0n) is 22.6. The van der Waals surface area contributed by atoms with E-state index in [9.17, 15) is 0 Å². The van der Waals surface area contributed by atoms with Gasteiger partial charge in [-0.3, -0.25) is 0 Å². The van der Waals surface area contributed by atoms with Crippen molar-refractivity contribution in [2.45, 2.75) is 119 Å². The van der Waals surface area contributed by atoms with Gasteiger partial charge >= 0.3 is 212 Å². The molecule has 0 aliphatic heterocycles. The van der Waals surface area contributed by atoms with E-state index < -0.39 is 27.2 Å². The Morgan fingerprint density at radius 3 is 0.970 bits per heavy atom. The molecule has 0 amide bonds. The van der Waals surface area contributed by atoms with Crippen LogP contribution in [0.15, 0.2) is 0 Å². The van der Waals surface area contributed by atoms with Crippen molar-refractivity contribution in [1.82, 2.24) is 0 Å². The van der Waals surface area contributed by atoms with E-state index in [2.05, 4.69) is 41.5 Å². The molecule has 9 heteroatoms. The van der Waals surface area contributed by atoms with Crippen LogP contribution in [0.25, 0.3) is 0 Å². The van der Waals surface area contributed by atoms with Crippen LogP contribution in [0.5, 0.6) is 0 Å². The van der Waals surface area contributed by atoms with E-state index in [1.165, 1.54) is 0 Å². The molecule has 0 radical (unpaired) electrons. The third-order valence-corrected chi connectivity index (χ3v) is 12.0. The van der Waals surface area contributed by atoms with Gasteiger partial charge in [-0.05, 0) is 0 Å². The first kappa shape index (κ1) is 33.7. The first-order valence-electron chi connectivity index (χ1n) is 13.6. The maximum absolute atomic E-state index is 6.70. The fraction of sp³-hybridized carbons (Fsp3) is 1.00. The van der Waals surface area contributed by atoms with Crippen LogP contribution in [-0.2, 0) is 44.4 Å². The summed E-state index contributed by atoms with van der Waals surface area (Å²) in [4.78, 5) is 0. The Morgan fingerprint density at radius 2 is 0.697 bits per heavy atom. The zero-order valence-corrected chi connectivity index (χ0v) is 25.1. The zero-order chi connectivity index (χ0) is 24.7. The fourth-order valence-electron chi connectivity index (χ4n) is 2.63. The average molecular weight is 531 g/mol. The molecule has 0 rings (SSSR count). The van der Waals surface area contributed by atoms with Gasteiger partial charge in [0.15, 0.2) is 0 Å². The van der Waals surface area contributed by atoms with Gasteiger partial charge in [-0.25, -0.2) is 0 Å². The van der Waals surface area contributed by atoms with Crippen LogP contribution in [0.1, 0.15) is 119 Å². The molecule has 0 saturated heterocycles. The molecule has 7 nitrogen and oxygen atoms in total. The average Bonchev–Trinajstić information content (AvgIpc) is 2.80. The van der Waals surface area contributed by atoms with E-state index in [0.717, 1.165) is 77.0 Å². The first-order chi connectivity index (χ1) is 16.1. The second kappa shape index (κ2) is 23.1. The summed E-state index contributed by atoms with van der Waals surface area (Å²) in [6.07, 6.45) is 11.6. The molecule has 0 unspecified atom stereocenters. The molecule has 0 saturated carbocycles. The summed E-state index contributed by atoms with van der Waals surface area (Å²) in [6.45, 7) is 16.0. The number of unbranched alkanes of at least 4 members (excludes halogenated alkanes) is 6. The van der Waals surface area contributed by atoms with Gasteiger partial charge in [-0.2, -0.15) is 0 Å². The van der Waals surface area contributed by atoms with E-state index in [4.69, 9.17) is 26.2 Å². The quantitative estimate of drug-likeness (QED) is 0.0869. The second-order valence-electron chi connectivity index (χ2n) is 8.31. The molecule has 0 aromatic carbocycles. The SMILES string of the molecule is CCCCO[Si](OCCCC)(OCCCC)[O][Ti]([O]CCCC)([O]CCCC)[O]CCCC. The molecule has 200 valence electrons. The summed E-state index contributed by atoms with van der Waals surface area (Å²) in [7, 11) is -3.51. The van der Waals surface area contributed by atoms with Crippen LogP contribution in [-0.4, -0.2) is 48.7 Å². The van der Waals surface area contributed by atoms with E-state index in [-0.39, 0.29) is 0 Å². The Balaban J connectivity index is 5.91. The van der Waals surface area contributed by atoms with Crippen LogP contribution in [0.2, 0.25) is 0 Å². The van der Waals surface area contributed by atoms with Crippen LogP contribution in [0, 0.1) is 0 Å². The van der Waals surface area contributed by atoms with Crippen LogP contribution in [0.4, 0.5) is 0 Å². The molecular formula is C24H54O7SiTi. The van der Waals surface area contributed by atoms with Gasteiger partial charge in [0.05, 0.1) is 0 Å². The summed E-state index contributed by atoms with van der Waals surface area (Å²) >= 11 is -4.18.